The van der Waals surface area contributed by atoms with Crippen molar-refractivity contribution in [3.8, 4) is 44.5 Å². The highest BCUT2D eigenvalue weighted by Gasteiger charge is 2.47. The standard InChI is InChI=1S/C52H39N/c1-51(2)46-26-13-12-22-43(46)44-25-14-24-42(50(44)51)36-28-30-39(31-29-36)53-40-32-33-45-48(34-40)52(37-18-8-4-9-19-37,38-20-10-5-11-21-38)47-27-15-23-41(49(45)47)35-16-6-3-7-17-35/h3-34,53H,1-2H3. The molecule has 0 aliphatic heterocycles. The van der Waals surface area contributed by atoms with Crippen LogP contribution in [0, 0.1) is 0 Å². The monoisotopic (exact) mass is 677 g/mol. The first-order valence-electron chi connectivity index (χ1n) is 18.6. The van der Waals surface area contributed by atoms with Crippen molar-refractivity contribution < 1.29 is 0 Å². The van der Waals surface area contributed by atoms with Crippen LogP contribution in [-0.2, 0) is 10.8 Å². The normalized spacial score (nSPS) is 14.2. The zero-order valence-electron chi connectivity index (χ0n) is 30.0. The molecule has 0 unspecified atom stereocenters. The van der Waals surface area contributed by atoms with E-state index in [1.165, 1.54) is 77.9 Å². The minimum Gasteiger partial charge on any atom is -0.356 e. The van der Waals surface area contributed by atoms with Gasteiger partial charge < -0.3 is 5.32 Å². The van der Waals surface area contributed by atoms with Crippen LogP contribution in [0.1, 0.15) is 47.2 Å². The maximum absolute atomic E-state index is 3.81. The van der Waals surface area contributed by atoms with Crippen LogP contribution in [0.25, 0.3) is 44.5 Å². The largest absolute Gasteiger partial charge is 0.356 e. The first-order chi connectivity index (χ1) is 26.0. The third-order valence-corrected chi connectivity index (χ3v) is 11.7. The van der Waals surface area contributed by atoms with E-state index in [2.05, 4.69) is 213 Å². The lowest BCUT2D eigenvalue weighted by Gasteiger charge is -2.34. The second-order valence-electron chi connectivity index (χ2n) is 14.9. The molecule has 2 aliphatic rings. The molecule has 0 fully saturated rings. The molecule has 10 rings (SSSR count). The summed E-state index contributed by atoms with van der Waals surface area (Å²) < 4.78 is 0. The number of fused-ring (bicyclic) bond motifs is 6. The molecule has 8 aromatic rings. The quantitative estimate of drug-likeness (QED) is 0.185. The minimum absolute atomic E-state index is 0.0637. The Morgan fingerprint density at radius 2 is 0.887 bits per heavy atom. The van der Waals surface area contributed by atoms with Crippen molar-refractivity contribution in [3.63, 3.8) is 0 Å². The summed E-state index contributed by atoms with van der Waals surface area (Å²) in [6, 6.07) is 71.3. The van der Waals surface area contributed by atoms with Gasteiger partial charge in [-0.2, -0.15) is 0 Å². The summed E-state index contributed by atoms with van der Waals surface area (Å²) >= 11 is 0. The second-order valence-corrected chi connectivity index (χ2v) is 14.9. The molecule has 0 aromatic heterocycles. The molecule has 0 spiro atoms. The smallest absolute Gasteiger partial charge is 0.0714 e. The van der Waals surface area contributed by atoms with Gasteiger partial charge in [0.25, 0.3) is 0 Å². The predicted molar refractivity (Wildman–Crippen MR) is 222 cm³/mol. The first kappa shape index (κ1) is 31.3. The van der Waals surface area contributed by atoms with Crippen molar-refractivity contribution >= 4 is 11.4 Å². The van der Waals surface area contributed by atoms with Gasteiger partial charge in [-0.15, -0.1) is 0 Å². The van der Waals surface area contributed by atoms with Gasteiger partial charge in [-0.05, 0) is 102 Å². The fraction of sp³-hybridized carbons (Fsp3) is 0.0769. The summed E-state index contributed by atoms with van der Waals surface area (Å²) in [5.74, 6) is 0. The molecule has 0 amide bonds. The Kier molecular flexibility index (Phi) is 7.13. The lowest BCUT2D eigenvalue weighted by Crippen LogP contribution is -2.28. The zero-order chi connectivity index (χ0) is 35.6. The van der Waals surface area contributed by atoms with Crippen LogP contribution in [0.2, 0.25) is 0 Å². The van der Waals surface area contributed by atoms with E-state index in [1.54, 1.807) is 0 Å². The zero-order valence-corrected chi connectivity index (χ0v) is 30.0. The average molecular weight is 678 g/mol. The van der Waals surface area contributed by atoms with E-state index in [-0.39, 0.29) is 5.41 Å². The minimum atomic E-state index is -0.488. The van der Waals surface area contributed by atoms with E-state index < -0.39 is 5.41 Å². The van der Waals surface area contributed by atoms with Gasteiger partial charge in [-0.1, -0.05) is 184 Å². The van der Waals surface area contributed by atoms with Crippen molar-refractivity contribution in [2.45, 2.75) is 24.7 Å². The molecule has 1 nitrogen and oxygen atoms in total. The van der Waals surface area contributed by atoms with E-state index in [0.717, 1.165) is 11.4 Å². The molecule has 252 valence electrons. The topological polar surface area (TPSA) is 12.0 Å². The van der Waals surface area contributed by atoms with Gasteiger partial charge in [-0.3, -0.25) is 0 Å². The number of hydrogen-bond acceptors (Lipinski definition) is 1. The van der Waals surface area contributed by atoms with E-state index in [4.69, 9.17) is 0 Å². The summed E-state index contributed by atoms with van der Waals surface area (Å²) in [5, 5.41) is 3.81. The summed E-state index contributed by atoms with van der Waals surface area (Å²) in [6.45, 7) is 4.72. The molecule has 0 atom stereocenters. The number of rotatable bonds is 6. The van der Waals surface area contributed by atoms with Crippen LogP contribution in [0.5, 0.6) is 0 Å². The summed E-state index contributed by atoms with van der Waals surface area (Å²) in [5.41, 5.74) is 19.8. The van der Waals surface area contributed by atoms with Crippen molar-refractivity contribution in [1.29, 1.82) is 0 Å². The number of anilines is 2. The van der Waals surface area contributed by atoms with Crippen molar-refractivity contribution in [2.24, 2.45) is 0 Å². The van der Waals surface area contributed by atoms with Crippen LogP contribution in [0.15, 0.2) is 194 Å². The lowest BCUT2D eigenvalue weighted by molar-refractivity contribution is 0.662. The van der Waals surface area contributed by atoms with Gasteiger partial charge in [-0.25, -0.2) is 0 Å². The Morgan fingerprint density at radius 1 is 0.358 bits per heavy atom. The van der Waals surface area contributed by atoms with Gasteiger partial charge in [0.15, 0.2) is 0 Å². The van der Waals surface area contributed by atoms with Gasteiger partial charge >= 0.3 is 0 Å². The van der Waals surface area contributed by atoms with E-state index in [9.17, 15) is 0 Å². The molecule has 1 N–H and O–H groups in total. The Hall–Kier alpha value is -6.44. The number of nitrogens with one attached hydrogen (secondary N) is 1. The highest BCUT2D eigenvalue weighted by atomic mass is 14.9. The maximum atomic E-state index is 3.81. The molecule has 2 aliphatic carbocycles. The molecule has 0 radical (unpaired) electrons. The third-order valence-electron chi connectivity index (χ3n) is 11.7. The number of benzene rings is 8. The van der Waals surface area contributed by atoms with Crippen LogP contribution < -0.4 is 5.32 Å². The second kappa shape index (κ2) is 12.1. The van der Waals surface area contributed by atoms with Gasteiger partial charge in [0.1, 0.15) is 0 Å². The molecule has 1 heteroatoms. The van der Waals surface area contributed by atoms with E-state index in [0.29, 0.717) is 0 Å². The van der Waals surface area contributed by atoms with Crippen LogP contribution >= 0.6 is 0 Å². The molecule has 0 saturated heterocycles. The van der Waals surface area contributed by atoms with Gasteiger partial charge in [0.2, 0.25) is 0 Å². The molecule has 8 aromatic carbocycles. The molecule has 0 bridgehead atoms. The SMILES string of the molecule is CC1(C)c2ccccc2-c2cccc(-c3ccc(Nc4ccc5c(c4)C(c4ccccc4)(c4ccccc4)c4cccc(-c6ccccc6)c4-5)cc3)c21. The summed E-state index contributed by atoms with van der Waals surface area (Å²) in [7, 11) is 0. The van der Waals surface area contributed by atoms with Crippen LogP contribution in [0.4, 0.5) is 11.4 Å². The van der Waals surface area contributed by atoms with Crippen molar-refractivity contribution in [2.75, 3.05) is 5.32 Å². The highest BCUT2D eigenvalue weighted by molar-refractivity contribution is 5.96. The summed E-state index contributed by atoms with van der Waals surface area (Å²) in [6.07, 6.45) is 0. The number of hydrogen-bond donors (Lipinski definition) is 1. The fourth-order valence-corrected chi connectivity index (χ4v) is 9.46. The van der Waals surface area contributed by atoms with Crippen LogP contribution in [-0.4, -0.2) is 0 Å². The Morgan fingerprint density at radius 3 is 1.60 bits per heavy atom. The van der Waals surface area contributed by atoms with Crippen molar-refractivity contribution in [1.82, 2.24) is 0 Å². The van der Waals surface area contributed by atoms with Gasteiger partial charge in [0, 0.05) is 16.8 Å². The Labute approximate surface area is 312 Å². The van der Waals surface area contributed by atoms with Crippen LogP contribution in [0.3, 0.4) is 0 Å². The molecule has 0 heterocycles. The maximum Gasteiger partial charge on any atom is 0.0714 e. The Bertz CT molecular complexity index is 2600. The first-order valence-corrected chi connectivity index (χ1v) is 18.6. The average Bonchev–Trinajstić information content (AvgIpc) is 3.65. The third kappa shape index (κ3) is 4.70. The molecular weight excluding hydrogens is 639 g/mol. The highest BCUT2D eigenvalue weighted by Crippen LogP contribution is 2.59. The Balaban J connectivity index is 1.09. The van der Waals surface area contributed by atoms with E-state index in [1.807, 2.05) is 0 Å². The fourth-order valence-electron chi connectivity index (χ4n) is 9.46. The molecular formula is C52H39N. The molecule has 0 saturated carbocycles. The summed E-state index contributed by atoms with van der Waals surface area (Å²) in [4.78, 5) is 0. The van der Waals surface area contributed by atoms with Gasteiger partial charge in [0.05, 0.1) is 5.41 Å². The predicted octanol–water partition coefficient (Wildman–Crippen LogP) is 13.4. The molecule has 53 heavy (non-hydrogen) atoms. The van der Waals surface area contributed by atoms with Crippen molar-refractivity contribution in [3.05, 3.63) is 228 Å². The van der Waals surface area contributed by atoms with E-state index >= 15 is 0 Å². The lowest BCUT2D eigenvalue weighted by atomic mass is 9.67.